The van der Waals surface area contributed by atoms with E-state index in [4.69, 9.17) is 0 Å². The molecule has 7 heteroatoms. The molecule has 0 aliphatic carbocycles. The Morgan fingerprint density at radius 1 is 1.29 bits per heavy atom. The topological polar surface area (TPSA) is 62.3 Å². The zero-order valence-electron chi connectivity index (χ0n) is 14.2. The van der Waals surface area contributed by atoms with Gasteiger partial charge in [0.1, 0.15) is 0 Å². The first-order valence-corrected chi connectivity index (χ1v) is 9.31. The van der Waals surface area contributed by atoms with E-state index in [0.717, 1.165) is 21.3 Å². The molecule has 0 radical (unpaired) electrons. The standard InChI is InChI=1S/C17H21N3O2S2/c1-11-5-7-14(8-6-11)19-15(21)9-20(4)16(22)13(3)24-17-18-12(2)10-23-17/h5-8,10,13H,9H2,1-4H3,(H,19,21)/t13-/m1/s1. The van der Waals surface area contributed by atoms with E-state index in [9.17, 15) is 9.59 Å². The Morgan fingerprint density at radius 2 is 1.96 bits per heavy atom. The number of aromatic nitrogens is 1. The van der Waals surface area contributed by atoms with E-state index in [1.807, 2.05) is 50.4 Å². The summed E-state index contributed by atoms with van der Waals surface area (Å²) in [5, 5.41) is 4.47. The number of nitrogens with one attached hydrogen (secondary N) is 1. The minimum absolute atomic E-state index is 0.0223. The van der Waals surface area contributed by atoms with Gasteiger partial charge in [-0.15, -0.1) is 11.3 Å². The lowest BCUT2D eigenvalue weighted by Crippen LogP contribution is -2.38. The first-order valence-electron chi connectivity index (χ1n) is 7.55. The van der Waals surface area contributed by atoms with Gasteiger partial charge >= 0.3 is 0 Å². The fourth-order valence-electron chi connectivity index (χ4n) is 2.03. The third-order valence-corrected chi connectivity index (χ3v) is 5.49. The van der Waals surface area contributed by atoms with Crippen LogP contribution in [0.1, 0.15) is 18.2 Å². The molecule has 0 spiro atoms. The van der Waals surface area contributed by atoms with Crippen molar-refractivity contribution in [2.24, 2.45) is 0 Å². The van der Waals surface area contributed by atoms with Crippen molar-refractivity contribution in [2.45, 2.75) is 30.4 Å². The predicted octanol–water partition coefficient (Wildman–Crippen LogP) is 3.34. The monoisotopic (exact) mass is 363 g/mol. The van der Waals surface area contributed by atoms with Gasteiger partial charge in [0.25, 0.3) is 0 Å². The molecule has 0 bridgehead atoms. The number of aryl methyl sites for hydroxylation is 2. The van der Waals surface area contributed by atoms with E-state index in [1.54, 1.807) is 7.05 Å². The van der Waals surface area contributed by atoms with E-state index < -0.39 is 0 Å². The Balaban J connectivity index is 1.85. The van der Waals surface area contributed by atoms with Gasteiger partial charge in [0, 0.05) is 23.8 Å². The molecule has 24 heavy (non-hydrogen) atoms. The lowest BCUT2D eigenvalue weighted by molar-refractivity contribution is -0.132. The predicted molar refractivity (Wildman–Crippen MR) is 99.6 cm³/mol. The van der Waals surface area contributed by atoms with Crippen LogP contribution < -0.4 is 5.32 Å². The molecule has 2 amide bonds. The van der Waals surface area contributed by atoms with Crippen molar-refractivity contribution in [2.75, 3.05) is 18.9 Å². The number of hydrogen-bond acceptors (Lipinski definition) is 5. The summed E-state index contributed by atoms with van der Waals surface area (Å²) in [4.78, 5) is 30.3. The number of hydrogen-bond donors (Lipinski definition) is 1. The van der Waals surface area contributed by atoms with Crippen molar-refractivity contribution in [1.29, 1.82) is 0 Å². The largest absolute Gasteiger partial charge is 0.335 e. The Hall–Kier alpha value is -1.86. The van der Waals surface area contributed by atoms with Gasteiger partial charge in [-0.3, -0.25) is 9.59 Å². The number of carbonyl (C=O) groups is 2. The van der Waals surface area contributed by atoms with Gasteiger partial charge in [-0.2, -0.15) is 0 Å². The van der Waals surface area contributed by atoms with Crippen molar-refractivity contribution < 1.29 is 9.59 Å². The fraction of sp³-hybridized carbons (Fsp3) is 0.353. The minimum atomic E-state index is -0.285. The van der Waals surface area contributed by atoms with Crippen LogP contribution in [0, 0.1) is 13.8 Å². The van der Waals surface area contributed by atoms with Gasteiger partial charge in [0.05, 0.1) is 11.8 Å². The maximum Gasteiger partial charge on any atom is 0.243 e. The molecule has 2 rings (SSSR count). The molecule has 1 N–H and O–H groups in total. The second-order valence-electron chi connectivity index (χ2n) is 5.62. The van der Waals surface area contributed by atoms with Crippen LogP contribution in [-0.2, 0) is 9.59 Å². The Morgan fingerprint density at radius 3 is 2.54 bits per heavy atom. The van der Waals surface area contributed by atoms with Crippen molar-refractivity contribution in [1.82, 2.24) is 9.88 Å². The second kappa shape index (κ2) is 8.30. The van der Waals surface area contributed by atoms with Crippen LogP contribution in [0.25, 0.3) is 0 Å². The Labute approximate surface area is 150 Å². The van der Waals surface area contributed by atoms with Gasteiger partial charge < -0.3 is 10.2 Å². The van der Waals surface area contributed by atoms with Crippen LogP contribution in [0.2, 0.25) is 0 Å². The van der Waals surface area contributed by atoms with Gasteiger partial charge in [-0.1, -0.05) is 29.5 Å². The molecular formula is C17H21N3O2S2. The molecule has 1 atom stereocenters. The first-order chi connectivity index (χ1) is 11.3. The summed E-state index contributed by atoms with van der Waals surface area (Å²) in [6, 6.07) is 7.55. The van der Waals surface area contributed by atoms with Gasteiger partial charge in [0.2, 0.25) is 11.8 Å². The summed E-state index contributed by atoms with van der Waals surface area (Å²) < 4.78 is 0.867. The highest BCUT2D eigenvalue weighted by molar-refractivity contribution is 8.02. The van der Waals surface area contributed by atoms with Crippen LogP contribution in [0.5, 0.6) is 0 Å². The number of benzene rings is 1. The van der Waals surface area contributed by atoms with Crippen LogP contribution in [-0.4, -0.2) is 40.5 Å². The lowest BCUT2D eigenvalue weighted by atomic mass is 10.2. The van der Waals surface area contributed by atoms with Crippen LogP contribution in [0.4, 0.5) is 5.69 Å². The zero-order valence-corrected chi connectivity index (χ0v) is 15.8. The van der Waals surface area contributed by atoms with Gasteiger partial charge in [-0.05, 0) is 32.9 Å². The number of rotatable bonds is 6. The molecule has 0 saturated heterocycles. The molecule has 128 valence electrons. The molecule has 5 nitrogen and oxygen atoms in total. The minimum Gasteiger partial charge on any atom is -0.335 e. The van der Waals surface area contributed by atoms with Gasteiger partial charge in [-0.25, -0.2) is 4.98 Å². The quantitative estimate of drug-likeness (QED) is 0.800. The molecule has 2 aromatic rings. The van der Waals surface area contributed by atoms with E-state index in [0.29, 0.717) is 0 Å². The summed E-state index contributed by atoms with van der Waals surface area (Å²) in [5.41, 5.74) is 2.81. The number of nitrogens with zero attached hydrogens (tertiary/aromatic N) is 2. The fourth-order valence-corrected chi connectivity index (χ4v) is 4.13. The van der Waals surface area contributed by atoms with Crippen molar-refractivity contribution >= 4 is 40.6 Å². The molecule has 1 aromatic heterocycles. The number of thiazole rings is 1. The lowest BCUT2D eigenvalue weighted by Gasteiger charge is -2.20. The summed E-state index contributed by atoms with van der Waals surface area (Å²) >= 11 is 2.94. The molecule has 0 unspecified atom stereocenters. The van der Waals surface area contributed by atoms with Crippen LogP contribution >= 0.6 is 23.1 Å². The average molecular weight is 364 g/mol. The summed E-state index contributed by atoms with van der Waals surface area (Å²) in [6.45, 7) is 5.77. The number of likely N-dealkylation sites (N-methyl/N-ethyl adjacent to an activating group) is 1. The van der Waals surface area contributed by atoms with Crippen LogP contribution in [0.3, 0.4) is 0 Å². The van der Waals surface area contributed by atoms with E-state index in [2.05, 4.69) is 10.3 Å². The summed E-state index contributed by atoms with van der Waals surface area (Å²) in [6.07, 6.45) is 0. The molecule has 1 aromatic carbocycles. The number of thioether (sulfide) groups is 1. The molecule has 0 aliphatic heterocycles. The highest BCUT2D eigenvalue weighted by Gasteiger charge is 2.21. The third kappa shape index (κ3) is 5.35. The number of amides is 2. The highest BCUT2D eigenvalue weighted by Crippen LogP contribution is 2.27. The molecule has 0 aliphatic rings. The number of carbonyl (C=O) groups excluding carboxylic acids is 2. The maximum atomic E-state index is 12.4. The summed E-state index contributed by atoms with van der Waals surface area (Å²) in [5.74, 6) is -0.302. The maximum absolute atomic E-state index is 12.4. The van der Waals surface area contributed by atoms with E-state index in [-0.39, 0.29) is 23.6 Å². The Bertz CT molecular complexity index is 713. The molecule has 1 heterocycles. The molecule has 0 fully saturated rings. The van der Waals surface area contributed by atoms with Crippen molar-refractivity contribution in [3.05, 3.63) is 40.9 Å². The third-order valence-electron chi connectivity index (χ3n) is 3.32. The normalized spacial score (nSPS) is 11.8. The highest BCUT2D eigenvalue weighted by atomic mass is 32.2. The van der Waals surface area contributed by atoms with Crippen molar-refractivity contribution in [3.63, 3.8) is 0 Å². The van der Waals surface area contributed by atoms with Crippen molar-refractivity contribution in [3.8, 4) is 0 Å². The smallest absolute Gasteiger partial charge is 0.243 e. The second-order valence-corrected chi connectivity index (χ2v) is 8.07. The zero-order chi connectivity index (χ0) is 17.7. The molecule has 0 saturated carbocycles. The number of anilines is 1. The average Bonchev–Trinajstić information content (AvgIpc) is 2.93. The van der Waals surface area contributed by atoms with Gasteiger partial charge in [0.15, 0.2) is 4.34 Å². The van der Waals surface area contributed by atoms with E-state index >= 15 is 0 Å². The summed E-state index contributed by atoms with van der Waals surface area (Å²) in [7, 11) is 1.64. The first kappa shape index (κ1) is 18.5. The van der Waals surface area contributed by atoms with Crippen LogP contribution in [0.15, 0.2) is 34.0 Å². The SMILES string of the molecule is Cc1ccc(NC(=O)CN(C)C(=O)[C@@H](C)Sc2nc(C)cs2)cc1. The Kier molecular flexibility index (Phi) is 6.39. The molecular weight excluding hydrogens is 342 g/mol. The van der Waals surface area contributed by atoms with E-state index in [1.165, 1.54) is 28.0 Å².